The summed E-state index contributed by atoms with van der Waals surface area (Å²) in [5, 5.41) is 8.45. The van der Waals surface area contributed by atoms with E-state index < -0.39 is 12.1 Å². The average molecular weight is 600 g/mol. The molecule has 0 saturated carbocycles. The van der Waals surface area contributed by atoms with E-state index in [4.69, 9.17) is 0 Å². The molecule has 4 rings (SSSR count). The molecular weight excluding hydrogens is 558 g/mol. The molecule has 44 heavy (non-hydrogen) atoms. The van der Waals surface area contributed by atoms with E-state index in [-0.39, 0.29) is 23.8 Å². The highest BCUT2D eigenvalue weighted by Crippen LogP contribution is 2.28. The Labute approximate surface area is 257 Å². The van der Waals surface area contributed by atoms with Gasteiger partial charge in [-0.15, -0.1) is 0 Å². The Morgan fingerprint density at radius 3 is 1.93 bits per heavy atom. The fraction of sp³-hybridized carbons (Fsp3) is 0.364. The summed E-state index contributed by atoms with van der Waals surface area (Å²) in [7, 11) is 1.27. The molecule has 4 aromatic rings. The lowest BCUT2D eigenvalue weighted by atomic mass is 10.0. The smallest absolute Gasteiger partial charge is 0.407 e. The molecular formula is C33H41N7O4. The molecule has 0 saturated heterocycles. The molecule has 2 heterocycles. The van der Waals surface area contributed by atoms with Gasteiger partial charge < -0.3 is 30.7 Å². The van der Waals surface area contributed by atoms with Crippen molar-refractivity contribution in [3.8, 4) is 33.6 Å². The number of ether oxygens (including phenoxy) is 1. The van der Waals surface area contributed by atoms with Crippen LogP contribution in [0.15, 0.2) is 60.9 Å². The molecule has 0 radical (unpaired) electrons. The lowest BCUT2D eigenvalue weighted by Crippen LogP contribution is -2.48. The number of nitrogens with one attached hydrogen (secondary N) is 5. The van der Waals surface area contributed by atoms with Crippen molar-refractivity contribution in [2.24, 2.45) is 5.92 Å². The maximum atomic E-state index is 12.9. The summed E-state index contributed by atoms with van der Waals surface area (Å²) in [5.41, 5.74) is 5.84. The van der Waals surface area contributed by atoms with Crippen molar-refractivity contribution in [1.29, 1.82) is 0 Å². The van der Waals surface area contributed by atoms with E-state index in [1.165, 1.54) is 7.11 Å². The first kappa shape index (κ1) is 32.0. The number of carbonyl (C=O) groups excluding carboxylic acids is 3. The Morgan fingerprint density at radius 1 is 0.818 bits per heavy atom. The molecule has 2 atom stereocenters. The van der Waals surface area contributed by atoms with Crippen molar-refractivity contribution >= 4 is 17.9 Å². The van der Waals surface area contributed by atoms with Gasteiger partial charge in [0.15, 0.2) is 0 Å². The van der Waals surface area contributed by atoms with E-state index in [9.17, 15) is 14.4 Å². The number of aromatic nitrogens is 4. The number of aromatic amines is 2. The molecule has 5 N–H and O–H groups in total. The largest absolute Gasteiger partial charge is 0.453 e. The van der Waals surface area contributed by atoms with E-state index in [1.54, 1.807) is 12.4 Å². The van der Waals surface area contributed by atoms with Crippen LogP contribution in [0.5, 0.6) is 0 Å². The third-order valence-corrected chi connectivity index (χ3v) is 7.34. The third-order valence-electron chi connectivity index (χ3n) is 7.34. The number of carbonyl (C=O) groups is 3. The second-order valence-electron chi connectivity index (χ2n) is 10.9. The molecule has 11 nitrogen and oxygen atoms in total. The SMILES string of the molecule is CCCC(=O)NCc1ncc(-c2ccc(-c3ccc(-c4cnc(C(NC(=O)C(CC)NC(=O)OC)C(C)C)[nH]4)cc3)cc2)[nH]1. The molecule has 0 aliphatic rings. The van der Waals surface area contributed by atoms with Crippen LogP contribution in [-0.4, -0.2) is 51.0 Å². The van der Waals surface area contributed by atoms with Gasteiger partial charge >= 0.3 is 6.09 Å². The summed E-state index contributed by atoms with van der Waals surface area (Å²) in [4.78, 5) is 51.9. The Bertz CT molecular complexity index is 1540. The van der Waals surface area contributed by atoms with Crippen LogP contribution in [0.25, 0.3) is 33.6 Å². The fourth-order valence-corrected chi connectivity index (χ4v) is 4.78. The zero-order valence-corrected chi connectivity index (χ0v) is 25.9. The van der Waals surface area contributed by atoms with Crippen LogP contribution < -0.4 is 16.0 Å². The Balaban J connectivity index is 1.41. The van der Waals surface area contributed by atoms with Gasteiger partial charge in [-0.05, 0) is 41.0 Å². The number of amides is 3. The fourth-order valence-electron chi connectivity index (χ4n) is 4.78. The molecule has 2 aromatic carbocycles. The van der Waals surface area contributed by atoms with E-state index in [0.717, 1.165) is 40.1 Å². The molecule has 0 fully saturated rings. The molecule has 0 aliphatic carbocycles. The molecule has 232 valence electrons. The van der Waals surface area contributed by atoms with Crippen LogP contribution in [0, 0.1) is 5.92 Å². The summed E-state index contributed by atoms with van der Waals surface area (Å²) >= 11 is 0. The lowest BCUT2D eigenvalue weighted by Gasteiger charge is -2.23. The van der Waals surface area contributed by atoms with Crippen molar-refractivity contribution < 1.29 is 19.1 Å². The summed E-state index contributed by atoms with van der Waals surface area (Å²) in [6.45, 7) is 8.18. The molecule has 2 aromatic heterocycles. The second-order valence-corrected chi connectivity index (χ2v) is 10.9. The van der Waals surface area contributed by atoms with Gasteiger partial charge in [0.25, 0.3) is 0 Å². The van der Waals surface area contributed by atoms with Gasteiger partial charge in [-0.2, -0.15) is 0 Å². The normalized spacial score (nSPS) is 12.4. The van der Waals surface area contributed by atoms with E-state index in [0.29, 0.717) is 31.0 Å². The predicted molar refractivity (Wildman–Crippen MR) is 169 cm³/mol. The highest BCUT2D eigenvalue weighted by atomic mass is 16.5. The first-order chi connectivity index (χ1) is 21.2. The maximum Gasteiger partial charge on any atom is 0.407 e. The van der Waals surface area contributed by atoms with Crippen molar-refractivity contribution in [3.05, 3.63) is 72.6 Å². The maximum absolute atomic E-state index is 12.9. The van der Waals surface area contributed by atoms with Crippen LogP contribution in [-0.2, 0) is 20.9 Å². The van der Waals surface area contributed by atoms with E-state index in [1.807, 2.05) is 52.0 Å². The highest BCUT2D eigenvalue weighted by molar-refractivity contribution is 5.85. The second kappa shape index (κ2) is 15.0. The Hall–Kier alpha value is -4.93. The molecule has 0 spiro atoms. The molecule has 3 amide bonds. The van der Waals surface area contributed by atoms with E-state index >= 15 is 0 Å². The van der Waals surface area contributed by atoms with Crippen molar-refractivity contribution in [3.63, 3.8) is 0 Å². The molecule has 0 bridgehead atoms. The minimum atomic E-state index is -0.707. The van der Waals surface area contributed by atoms with Crippen molar-refractivity contribution in [2.75, 3.05) is 7.11 Å². The van der Waals surface area contributed by atoms with Gasteiger partial charge in [0.05, 0.1) is 43.5 Å². The Morgan fingerprint density at radius 2 is 1.39 bits per heavy atom. The number of benzene rings is 2. The number of nitrogens with zero attached hydrogens (tertiary/aromatic N) is 2. The van der Waals surface area contributed by atoms with Gasteiger partial charge in [0, 0.05) is 6.42 Å². The number of hydrogen-bond donors (Lipinski definition) is 5. The lowest BCUT2D eigenvalue weighted by molar-refractivity contribution is -0.124. The average Bonchev–Trinajstić information content (AvgIpc) is 3.72. The number of alkyl carbamates (subject to hydrolysis) is 1. The number of rotatable bonds is 13. The topological polar surface area (TPSA) is 154 Å². The number of hydrogen-bond acceptors (Lipinski definition) is 6. The highest BCUT2D eigenvalue weighted by Gasteiger charge is 2.26. The van der Waals surface area contributed by atoms with Crippen LogP contribution in [0.2, 0.25) is 0 Å². The van der Waals surface area contributed by atoms with Crippen molar-refractivity contribution in [1.82, 2.24) is 35.9 Å². The third kappa shape index (κ3) is 8.12. The summed E-state index contributed by atoms with van der Waals surface area (Å²) in [5.74, 6) is 1.14. The monoisotopic (exact) mass is 599 g/mol. The number of methoxy groups -OCH3 is 1. The molecule has 11 heteroatoms. The summed E-state index contributed by atoms with van der Waals surface area (Å²) in [6.07, 6.45) is 4.64. The molecule has 2 unspecified atom stereocenters. The van der Waals surface area contributed by atoms with E-state index in [2.05, 4.69) is 64.9 Å². The minimum Gasteiger partial charge on any atom is -0.453 e. The van der Waals surface area contributed by atoms with Gasteiger partial charge in [-0.3, -0.25) is 9.59 Å². The van der Waals surface area contributed by atoms with Gasteiger partial charge in [0.2, 0.25) is 11.8 Å². The zero-order chi connectivity index (χ0) is 31.6. The van der Waals surface area contributed by atoms with Gasteiger partial charge in [-0.1, -0.05) is 76.2 Å². The van der Waals surface area contributed by atoms with Gasteiger partial charge in [0.1, 0.15) is 17.7 Å². The molecule has 0 aliphatic heterocycles. The van der Waals surface area contributed by atoms with Gasteiger partial charge in [-0.25, -0.2) is 14.8 Å². The standard InChI is InChI=1S/C33H41N7O4/c1-6-8-29(41)35-19-28-34-17-26(37-28)23-13-9-21(10-14-23)22-11-15-24(16-12-22)27-18-36-31(38-27)30(20(3)4)40-32(42)25(7-2)39-33(43)44-5/h9-18,20,25,30H,6-8,19H2,1-5H3,(H,34,37)(H,35,41)(H,36,38)(H,39,43)(H,40,42). The quantitative estimate of drug-likeness (QED) is 0.137. The minimum absolute atomic E-state index is 0.0222. The Kier molecular flexibility index (Phi) is 10.9. The van der Waals surface area contributed by atoms with Crippen LogP contribution in [0.3, 0.4) is 0 Å². The zero-order valence-electron chi connectivity index (χ0n) is 25.9. The predicted octanol–water partition coefficient (Wildman–Crippen LogP) is 5.50. The van der Waals surface area contributed by atoms with Crippen LogP contribution >= 0.6 is 0 Å². The number of H-pyrrole nitrogens is 2. The van der Waals surface area contributed by atoms with Crippen LogP contribution in [0.4, 0.5) is 4.79 Å². The summed E-state index contributed by atoms with van der Waals surface area (Å²) in [6, 6.07) is 15.3. The first-order valence-corrected chi connectivity index (χ1v) is 14.9. The number of imidazole rings is 2. The first-order valence-electron chi connectivity index (χ1n) is 14.9. The summed E-state index contributed by atoms with van der Waals surface area (Å²) < 4.78 is 4.64. The van der Waals surface area contributed by atoms with Crippen LogP contribution in [0.1, 0.15) is 64.6 Å². The van der Waals surface area contributed by atoms with Crippen molar-refractivity contribution in [2.45, 2.75) is 65.6 Å².